The molecule has 0 saturated carbocycles. The van der Waals surface area contributed by atoms with E-state index in [-0.39, 0.29) is 17.1 Å². The molecule has 0 radical (unpaired) electrons. The minimum Gasteiger partial charge on any atom is -0.508 e. The van der Waals surface area contributed by atoms with Gasteiger partial charge in [0.2, 0.25) is 0 Å². The molecule has 2 N–H and O–H groups in total. The number of hydrogen-bond donors (Lipinski definition) is 2. The van der Waals surface area contributed by atoms with E-state index in [1.807, 2.05) is 0 Å². The summed E-state index contributed by atoms with van der Waals surface area (Å²) in [6.07, 6.45) is -4.49. The Morgan fingerprint density at radius 1 is 1.10 bits per heavy atom. The molecule has 108 valence electrons. The van der Waals surface area contributed by atoms with Crippen molar-refractivity contribution in [2.75, 3.05) is 0 Å². The molecule has 0 unspecified atom stereocenters. The molecule has 0 aliphatic heterocycles. The third kappa shape index (κ3) is 2.61. The Balaban J connectivity index is 2.22. The number of nitrogens with zero attached hydrogens (tertiary/aromatic N) is 1. The van der Waals surface area contributed by atoms with Crippen LogP contribution < -0.4 is 0 Å². The quantitative estimate of drug-likeness (QED) is 0.662. The van der Waals surface area contributed by atoms with Crippen molar-refractivity contribution < 1.29 is 18.3 Å². The van der Waals surface area contributed by atoms with Crippen molar-refractivity contribution in [3.63, 3.8) is 0 Å². The van der Waals surface area contributed by atoms with Crippen LogP contribution in [0.5, 0.6) is 5.75 Å². The van der Waals surface area contributed by atoms with Gasteiger partial charge in [-0.2, -0.15) is 13.2 Å². The lowest BCUT2D eigenvalue weighted by Crippen LogP contribution is -2.07. The van der Waals surface area contributed by atoms with E-state index in [0.29, 0.717) is 15.5 Å². The number of benzene rings is 2. The number of phenolic OH excluding ortho intramolecular Hbond substituents is 1. The normalized spacial score (nSPS) is 12.0. The van der Waals surface area contributed by atoms with Crippen LogP contribution in [0, 0.1) is 0 Å². The zero-order chi connectivity index (χ0) is 15.2. The minimum atomic E-state index is -4.49. The summed E-state index contributed by atoms with van der Waals surface area (Å²) in [5.41, 5.74) is 0.140. The number of nitrogens with one attached hydrogen (secondary N) is 1. The van der Waals surface area contributed by atoms with E-state index in [9.17, 15) is 18.3 Å². The number of H-pyrrole nitrogens is 1. The lowest BCUT2D eigenvalue weighted by molar-refractivity contribution is -0.137. The second kappa shape index (κ2) is 4.77. The molecule has 21 heavy (non-hydrogen) atoms. The molecular weight excluding hydrogens is 349 g/mol. The van der Waals surface area contributed by atoms with Crippen molar-refractivity contribution in [1.29, 1.82) is 0 Å². The van der Waals surface area contributed by atoms with E-state index < -0.39 is 11.7 Å². The largest absolute Gasteiger partial charge is 0.508 e. The average molecular weight is 357 g/mol. The van der Waals surface area contributed by atoms with Gasteiger partial charge in [-0.25, -0.2) is 4.98 Å². The number of aromatic nitrogens is 2. The number of phenols is 1. The Labute approximate surface area is 125 Å². The molecule has 0 bridgehead atoms. The molecule has 0 atom stereocenters. The second-order valence-corrected chi connectivity index (χ2v) is 5.39. The monoisotopic (exact) mass is 356 g/mol. The van der Waals surface area contributed by atoms with Crippen molar-refractivity contribution in [1.82, 2.24) is 9.97 Å². The lowest BCUT2D eigenvalue weighted by Gasteiger charge is -2.11. The maximum atomic E-state index is 13.1. The first-order valence-corrected chi connectivity index (χ1v) is 6.70. The fourth-order valence-corrected chi connectivity index (χ4v) is 2.44. The van der Waals surface area contributed by atoms with Crippen LogP contribution in [0.25, 0.3) is 22.4 Å². The van der Waals surface area contributed by atoms with Gasteiger partial charge in [0.1, 0.15) is 11.6 Å². The van der Waals surface area contributed by atoms with Crippen LogP contribution in [-0.2, 0) is 6.18 Å². The molecule has 0 fully saturated rings. The van der Waals surface area contributed by atoms with Gasteiger partial charge in [-0.05, 0) is 30.3 Å². The molecular formula is C14H8BrF3N2O. The molecule has 1 heterocycles. The van der Waals surface area contributed by atoms with Gasteiger partial charge in [0.15, 0.2) is 0 Å². The second-order valence-electron chi connectivity index (χ2n) is 4.47. The summed E-state index contributed by atoms with van der Waals surface area (Å²) in [4.78, 5) is 6.94. The molecule has 2 aromatic carbocycles. The summed E-state index contributed by atoms with van der Waals surface area (Å²) in [6.45, 7) is 0. The zero-order valence-electron chi connectivity index (χ0n) is 10.4. The highest BCUT2D eigenvalue weighted by Gasteiger charge is 2.34. The fourth-order valence-electron chi connectivity index (χ4n) is 2.08. The Kier molecular flexibility index (Phi) is 3.16. The van der Waals surface area contributed by atoms with Crippen LogP contribution >= 0.6 is 15.9 Å². The van der Waals surface area contributed by atoms with Gasteiger partial charge < -0.3 is 10.1 Å². The van der Waals surface area contributed by atoms with Crippen molar-refractivity contribution in [3.05, 3.63) is 46.4 Å². The van der Waals surface area contributed by atoms with Gasteiger partial charge in [0.25, 0.3) is 0 Å². The van der Waals surface area contributed by atoms with E-state index in [1.165, 1.54) is 30.3 Å². The molecule has 0 aliphatic carbocycles. The minimum absolute atomic E-state index is 0.0181. The van der Waals surface area contributed by atoms with Gasteiger partial charge in [-0.15, -0.1) is 0 Å². The van der Waals surface area contributed by atoms with Crippen LogP contribution in [0.2, 0.25) is 0 Å². The fraction of sp³-hybridized carbons (Fsp3) is 0.0714. The summed E-state index contributed by atoms with van der Waals surface area (Å²) >= 11 is 3.04. The van der Waals surface area contributed by atoms with E-state index in [0.717, 1.165) is 6.07 Å². The predicted molar refractivity (Wildman–Crippen MR) is 75.9 cm³/mol. The smallest absolute Gasteiger partial charge is 0.417 e. The maximum Gasteiger partial charge on any atom is 0.417 e. The Morgan fingerprint density at radius 2 is 1.86 bits per heavy atom. The highest BCUT2D eigenvalue weighted by molar-refractivity contribution is 9.10. The SMILES string of the molecule is Oc1ccc2nc(-c3ccc(Br)cc3C(F)(F)F)[nH]c2c1. The first kappa shape index (κ1) is 13.9. The number of imidazole rings is 1. The first-order chi connectivity index (χ1) is 9.84. The molecule has 0 aliphatic rings. The number of fused-ring (bicyclic) bond motifs is 1. The van der Waals surface area contributed by atoms with Gasteiger partial charge >= 0.3 is 6.18 Å². The number of hydrogen-bond acceptors (Lipinski definition) is 2. The predicted octanol–water partition coefficient (Wildman–Crippen LogP) is 4.72. The van der Waals surface area contributed by atoms with Crippen molar-refractivity contribution in [3.8, 4) is 17.1 Å². The summed E-state index contributed by atoms with van der Waals surface area (Å²) in [6, 6.07) is 8.27. The van der Waals surface area contributed by atoms with Gasteiger partial charge in [-0.3, -0.25) is 0 Å². The van der Waals surface area contributed by atoms with Gasteiger partial charge in [0.05, 0.1) is 16.6 Å². The maximum absolute atomic E-state index is 13.1. The summed E-state index contributed by atoms with van der Waals surface area (Å²) in [7, 11) is 0. The van der Waals surface area contributed by atoms with Crippen molar-refractivity contribution in [2.24, 2.45) is 0 Å². The van der Waals surface area contributed by atoms with E-state index >= 15 is 0 Å². The van der Waals surface area contributed by atoms with Crippen molar-refractivity contribution >= 4 is 27.0 Å². The third-order valence-electron chi connectivity index (χ3n) is 3.01. The lowest BCUT2D eigenvalue weighted by atomic mass is 10.1. The zero-order valence-corrected chi connectivity index (χ0v) is 12.0. The van der Waals surface area contributed by atoms with E-state index in [4.69, 9.17) is 0 Å². The van der Waals surface area contributed by atoms with E-state index in [2.05, 4.69) is 25.9 Å². The van der Waals surface area contributed by atoms with Gasteiger partial charge in [-0.1, -0.05) is 15.9 Å². The highest BCUT2D eigenvalue weighted by Crippen LogP contribution is 2.38. The highest BCUT2D eigenvalue weighted by atomic mass is 79.9. The van der Waals surface area contributed by atoms with Gasteiger partial charge in [0, 0.05) is 16.1 Å². The molecule has 0 saturated heterocycles. The number of aromatic amines is 1. The third-order valence-corrected chi connectivity index (χ3v) is 3.50. The molecule has 0 spiro atoms. The topological polar surface area (TPSA) is 48.9 Å². The van der Waals surface area contributed by atoms with E-state index in [1.54, 1.807) is 0 Å². The first-order valence-electron chi connectivity index (χ1n) is 5.90. The molecule has 3 rings (SSSR count). The average Bonchev–Trinajstić information content (AvgIpc) is 2.80. The van der Waals surface area contributed by atoms with Crippen LogP contribution in [0.3, 0.4) is 0 Å². The Hall–Kier alpha value is -2.02. The number of halogens is 4. The van der Waals surface area contributed by atoms with Crippen LogP contribution in [-0.4, -0.2) is 15.1 Å². The molecule has 0 amide bonds. The molecule has 3 aromatic rings. The number of rotatable bonds is 1. The molecule has 1 aromatic heterocycles. The van der Waals surface area contributed by atoms with Crippen LogP contribution in [0.1, 0.15) is 5.56 Å². The van der Waals surface area contributed by atoms with Crippen LogP contribution in [0.4, 0.5) is 13.2 Å². The molecule has 7 heteroatoms. The summed E-state index contributed by atoms with van der Waals surface area (Å²) in [5, 5.41) is 9.40. The Bertz CT molecular complexity index is 827. The number of alkyl halides is 3. The standard InChI is InChI=1S/C14H8BrF3N2O/c15-7-1-3-9(10(5-7)14(16,17)18)13-19-11-4-2-8(21)6-12(11)20-13/h1-6,21H,(H,19,20). The van der Waals surface area contributed by atoms with Crippen molar-refractivity contribution in [2.45, 2.75) is 6.18 Å². The molecule has 3 nitrogen and oxygen atoms in total. The summed E-state index contributed by atoms with van der Waals surface area (Å²) < 4.78 is 39.7. The number of aromatic hydroxyl groups is 1. The van der Waals surface area contributed by atoms with Crippen LogP contribution in [0.15, 0.2) is 40.9 Å². The summed E-state index contributed by atoms with van der Waals surface area (Å²) in [5.74, 6) is 0.125. The Morgan fingerprint density at radius 3 is 2.57 bits per heavy atom.